The smallest absolute Gasteiger partial charge is 0.245 e. The van der Waals surface area contributed by atoms with E-state index in [1.807, 2.05) is 18.2 Å². The monoisotopic (exact) mass is 289 g/mol. The molecule has 0 aliphatic carbocycles. The number of nitrogens with one attached hydrogen (secondary N) is 1. The predicted molar refractivity (Wildman–Crippen MR) is 79.7 cm³/mol. The van der Waals surface area contributed by atoms with E-state index in [9.17, 15) is 0 Å². The van der Waals surface area contributed by atoms with E-state index in [1.165, 1.54) is 0 Å². The summed E-state index contributed by atoms with van der Waals surface area (Å²) in [6.07, 6.45) is 0.965. The summed E-state index contributed by atoms with van der Waals surface area (Å²) in [4.78, 5) is 6.63. The lowest BCUT2D eigenvalue weighted by atomic mass is 10.2. The Balaban J connectivity index is 1.92. The number of nitrogens with zero attached hydrogens (tertiary/aromatic N) is 3. The molecule has 2 aromatic rings. The van der Waals surface area contributed by atoms with Crippen molar-refractivity contribution in [1.29, 1.82) is 0 Å². The number of nitrogens with two attached hydrogens (primary N) is 1. The summed E-state index contributed by atoms with van der Waals surface area (Å²) in [5.74, 6) is 2.78. The first-order chi connectivity index (χ1) is 10.2. The Morgan fingerprint density at radius 2 is 2.19 bits per heavy atom. The van der Waals surface area contributed by atoms with Crippen LogP contribution in [0.4, 0.5) is 5.95 Å². The van der Waals surface area contributed by atoms with Gasteiger partial charge in [0, 0.05) is 19.1 Å². The molecule has 1 atom stereocenters. The Bertz CT molecular complexity index is 628. The van der Waals surface area contributed by atoms with Gasteiger partial charge >= 0.3 is 0 Å². The second-order valence-electron chi connectivity index (χ2n) is 5.05. The SMILES string of the molecule is COc1ccc(OC)c(-c2nc(N3CCC(N)C3)n[nH]2)c1. The van der Waals surface area contributed by atoms with Crippen LogP contribution in [0, 0.1) is 0 Å². The highest BCUT2D eigenvalue weighted by molar-refractivity contribution is 5.67. The molecule has 1 unspecified atom stereocenters. The molecule has 7 heteroatoms. The first kappa shape index (κ1) is 13.7. The molecule has 3 rings (SSSR count). The maximum absolute atomic E-state index is 5.92. The molecule has 2 heterocycles. The zero-order valence-electron chi connectivity index (χ0n) is 12.2. The van der Waals surface area contributed by atoms with Crippen LogP contribution in [0.5, 0.6) is 11.5 Å². The predicted octanol–water partition coefficient (Wildman–Crippen LogP) is 1.03. The standard InChI is InChI=1S/C14H19N5O2/c1-20-10-3-4-12(21-2)11(7-10)13-16-14(18-17-13)19-6-5-9(15)8-19/h3-4,7,9H,5-6,8,15H2,1-2H3,(H,16,17,18). The van der Waals surface area contributed by atoms with Gasteiger partial charge in [0.1, 0.15) is 11.5 Å². The van der Waals surface area contributed by atoms with E-state index in [2.05, 4.69) is 20.1 Å². The molecule has 21 heavy (non-hydrogen) atoms. The summed E-state index contributed by atoms with van der Waals surface area (Å²) in [6.45, 7) is 1.67. The minimum absolute atomic E-state index is 0.193. The average Bonchev–Trinajstić information content (AvgIpc) is 3.15. The van der Waals surface area contributed by atoms with Crippen LogP contribution in [0.25, 0.3) is 11.4 Å². The lowest BCUT2D eigenvalue weighted by molar-refractivity contribution is 0.404. The number of aromatic amines is 1. The van der Waals surface area contributed by atoms with Crippen LogP contribution in [0.1, 0.15) is 6.42 Å². The maximum atomic E-state index is 5.92. The number of hydrogen-bond donors (Lipinski definition) is 2. The van der Waals surface area contributed by atoms with Crippen LogP contribution in [0.3, 0.4) is 0 Å². The summed E-state index contributed by atoms with van der Waals surface area (Å²) in [6, 6.07) is 5.76. The van der Waals surface area contributed by atoms with Gasteiger partial charge in [-0.1, -0.05) is 0 Å². The highest BCUT2D eigenvalue weighted by Gasteiger charge is 2.23. The van der Waals surface area contributed by atoms with Crippen LogP contribution in [0.2, 0.25) is 0 Å². The summed E-state index contributed by atoms with van der Waals surface area (Å²) in [5, 5.41) is 7.24. The summed E-state index contributed by atoms with van der Waals surface area (Å²) >= 11 is 0. The Morgan fingerprint density at radius 1 is 1.33 bits per heavy atom. The van der Waals surface area contributed by atoms with E-state index in [0.29, 0.717) is 11.8 Å². The van der Waals surface area contributed by atoms with Gasteiger partial charge in [0.25, 0.3) is 0 Å². The van der Waals surface area contributed by atoms with Crippen molar-refractivity contribution in [3.63, 3.8) is 0 Å². The molecule has 0 amide bonds. The van der Waals surface area contributed by atoms with Crippen molar-refractivity contribution in [2.45, 2.75) is 12.5 Å². The van der Waals surface area contributed by atoms with Gasteiger partial charge < -0.3 is 20.1 Å². The number of methoxy groups -OCH3 is 2. The number of anilines is 1. The fraction of sp³-hybridized carbons (Fsp3) is 0.429. The fourth-order valence-electron chi connectivity index (χ4n) is 2.48. The molecule has 1 aliphatic heterocycles. The van der Waals surface area contributed by atoms with E-state index >= 15 is 0 Å². The van der Waals surface area contributed by atoms with E-state index in [-0.39, 0.29) is 6.04 Å². The van der Waals surface area contributed by atoms with Gasteiger partial charge in [-0.05, 0) is 24.6 Å². The van der Waals surface area contributed by atoms with Gasteiger partial charge in [0.05, 0.1) is 19.8 Å². The lowest BCUT2D eigenvalue weighted by Crippen LogP contribution is -2.26. The Morgan fingerprint density at radius 3 is 2.86 bits per heavy atom. The third kappa shape index (κ3) is 2.64. The number of H-pyrrole nitrogens is 1. The first-order valence-electron chi connectivity index (χ1n) is 6.86. The molecule has 0 radical (unpaired) electrons. The van der Waals surface area contributed by atoms with Gasteiger partial charge in [0.2, 0.25) is 5.95 Å². The van der Waals surface area contributed by atoms with E-state index in [1.54, 1.807) is 14.2 Å². The number of rotatable bonds is 4. The van der Waals surface area contributed by atoms with Crippen LogP contribution in [0.15, 0.2) is 18.2 Å². The van der Waals surface area contributed by atoms with Crippen molar-refractivity contribution in [1.82, 2.24) is 15.2 Å². The summed E-state index contributed by atoms with van der Waals surface area (Å²) < 4.78 is 10.6. The van der Waals surface area contributed by atoms with Crippen molar-refractivity contribution < 1.29 is 9.47 Å². The minimum Gasteiger partial charge on any atom is -0.497 e. The van der Waals surface area contributed by atoms with Gasteiger partial charge in [-0.25, -0.2) is 0 Å². The van der Waals surface area contributed by atoms with Crippen LogP contribution in [-0.4, -0.2) is 48.5 Å². The fourth-order valence-corrected chi connectivity index (χ4v) is 2.48. The van der Waals surface area contributed by atoms with E-state index < -0.39 is 0 Å². The van der Waals surface area contributed by atoms with Gasteiger partial charge in [-0.3, -0.25) is 5.10 Å². The number of ether oxygens (including phenoxy) is 2. The lowest BCUT2D eigenvalue weighted by Gasteiger charge is -2.12. The van der Waals surface area contributed by atoms with Crippen molar-refractivity contribution >= 4 is 5.95 Å². The highest BCUT2D eigenvalue weighted by atomic mass is 16.5. The quantitative estimate of drug-likeness (QED) is 0.873. The van der Waals surface area contributed by atoms with Crippen molar-refractivity contribution in [3.8, 4) is 22.9 Å². The number of benzene rings is 1. The molecule has 1 aromatic carbocycles. The number of aromatic nitrogens is 3. The maximum Gasteiger partial charge on any atom is 0.245 e. The van der Waals surface area contributed by atoms with E-state index in [4.69, 9.17) is 15.2 Å². The molecule has 112 valence electrons. The van der Waals surface area contributed by atoms with Gasteiger partial charge in [0.15, 0.2) is 5.82 Å². The second kappa shape index (κ2) is 5.61. The van der Waals surface area contributed by atoms with E-state index in [0.717, 1.165) is 36.6 Å². The molecule has 1 aliphatic rings. The zero-order valence-corrected chi connectivity index (χ0v) is 12.2. The largest absolute Gasteiger partial charge is 0.497 e. The van der Waals surface area contributed by atoms with Crippen LogP contribution >= 0.6 is 0 Å². The number of hydrogen-bond acceptors (Lipinski definition) is 6. The molecule has 7 nitrogen and oxygen atoms in total. The molecule has 0 bridgehead atoms. The summed E-state index contributed by atoms with van der Waals surface area (Å²) in [5.41, 5.74) is 6.74. The van der Waals surface area contributed by atoms with Gasteiger partial charge in [-0.2, -0.15) is 4.98 Å². The topological polar surface area (TPSA) is 89.3 Å². The second-order valence-corrected chi connectivity index (χ2v) is 5.05. The van der Waals surface area contributed by atoms with Crippen molar-refractivity contribution in [2.75, 3.05) is 32.2 Å². The Labute approximate surface area is 123 Å². The minimum atomic E-state index is 0.193. The molecule has 1 aromatic heterocycles. The molecule has 0 saturated carbocycles. The molecular weight excluding hydrogens is 270 g/mol. The molecular formula is C14H19N5O2. The Kier molecular flexibility index (Phi) is 3.66. The molecule has 1 saturated heterocycles. The summed E-state index contributed by atoms with van der Waals surface area (Å²) in [7, 11) is 3.26. The molecule has 0 spiro atoms. The first-order valence-corrected chi connectivity index (χ1v) is 6.86. The zero-order chi connectivity index (χ0) is 14.8. The Hall–Kier alpha value is -2.28. The van der Waals surface area contributed by atoms with Crippen molar-refractivity contribution in [2.24, 2.45) is 5.73 Å². The molecule has 3 N–H and O–H groups in total. The van der Waals surface area contributed by atoms with Crippen LogP contribution in [-0.2, 0) is 0 Å². The normalized spacial score (nSPS) is 18.0. The molecule has 1 fully saturated rings. The van der Waals surface area contributed by atoms with Crippen LogP contribution < -0.4 is 20.1 Å². The van der Waals surface area contributed by atoms with Crippen molar-refractivity contribution in [3.05, 3.63) is 18.2 Å². The van der Waals surface area contributed by atoms with Gasteiger partial charge in [-0.15, -0.1) is 5.10 Å². The highest BCUT2D eigenvalue weighted by Crippen LogP contribution is 2.32. The third-order valence-electron chi connectivity index (χ3n) is 3.64. The third-order valence-corrected chi connectivity index (χ3v) is 3.64. The average molecular weight is 289 g/mol.